The maximum Gasteiger partial charge on any atom is 0.410 e. The maximum absolute atomic E-state index is 12.5. The van der Waals surface area contributed by atoms with Crippen LogP contribution in [0, 0.1) is 5.92 Å². The van der Waals surface area contributed by atoms with Gasteiger partial charge >= 0.3 is 12.1 Å². The molecular weight excluding hydrogens is 480 g/mol. The summed E-state index contributed by atoms with van der Waals surface area (Å²) in [5.74, 6) is 1.25. The number of fused-ring (bicyclic) bond motifs is 1. The Morgan fingerprint density at radius 2 is 2.06 bits per heavy atom. The second-order valence-electron chi connectivity index (χ2n) is 9.41. The van der Waals surface area contributed by atoms with E-state index in [4.69, 9.17) is 9.47 Å². The zero-order chi connectivity index (χ0) is 23.6. The molecule has 0 saturated carbocycles. The third-order valence-electron chi connectivity index (χ3n) is 4.85. The summed E-state index contributed by atoms with van der Waals surface area (Å²) >= 11 is 3.47. The number of nitrogens with one attached hydrogen (secondary N) is 1. The number of hydrogen-bond donors (Lipinski definition) is 1. The van der Waals surface area contributed by atoms with Crippen LogP contribution in [0.25, 0.3) is 5.52 Å². The van der Waals surface area contributed by atoms with E-state index in [9.17, 15) is 9.59 Å². The summed E-state index contributed by atoms with van der Waals surface area (Å²) in [5.41, 5.74) is 0.182. The fourth-order valence-corrected chi connectivity index (χ4v) is 4.02. The fraction of sp³-hybridized carbons (Fsp3) is 0.667. The summed E-state index contributed by atoms with van der Waals surface area (Å²) < 4.78 is 13.5. The Bertz CT molecular complexity index is 987. The number of nitrogens with zero attached hydrogens (tertiary/aromatic N) is 5. The Morgan fingerprint density at radius 3 is 2.69 bits per heavy atom. The van der Waals surface area contributed by atoms with Gasteiger partial charge in [-0.15, -0.1) is 5.10 Å². The van der Waals surface area contributed by atoms with Gasteiger partial charge in [-0.05, 0) is 49.0 Å². The van der Waals surface area contributed by atoms with Crippen LogP contribution in [0.4, 0.5) is 10.7 Å². The number of hydrogen-bond acceptors (Lipinski definition) is 8. The molecule has 0 radical (unpaired) electrons. The van der Waals surface area contributed by atoms with Gasteiger partial charge in [-0.1, -0.05) is 13.8 Å². The molecule has 2 aromatic rings. The van der Waals surface area contributed by atoms with Gasteiger partial charge in [0, 0.05) is 19.9 Å². The minimum atomic E-state index is -0.598. The van der Waals surface area contributed by atoms with Crippen molar-refractivity contribution in [2.24, 2.45) is 5.92 Å². The Labute approximate surface area is 196 Å². The molecule has 3 rings (SSSR count). The summed E-state index contributed by atoms with van der Waals surface area (Å²) in [5, 5.41) is 7.90. The molecular formula is C21H31BrN6O4. The lowest BCUT2D eigenvalue weighted by Gasteiger charge is -2.38. The van der Waals surface area contributed by atoms with E-state index < -0.39 is 23.8 Å². The minimum Gasteiger partial charge on any atom is -0.458 e. The number of esters is 1. The number of carbonyl (C=O) groups excluding carboxylic acids is 2. The summed E-state index contributed by atoms with van der Waals surface area (Å²) in [6.07, 6.45) is 2.04. The standard InChI is InChI=1S/C21H31BrN6O4/c1-12(2)9-17-25-18(22)15-10-23-19(26-28(15)17)24-14-7-8-27(11-16(14)31-13(3)29)20(30)32-21(4,5)6/h10,12,14,16H,7-9,11H2,1-6H3,(H,24,26)/t14-,16-/m1/s1. The van der Waals surface area contributed by atoms with Gasteiger partial charge in [-0.25, -0.2) is 19.3 Å². The predicted molar refractivity (Wildman–Crippen MR) is 122 cm³/mol. The van der Waals surface area contributed by atoms with Gasteiger partial charge in [0.05, 0.1) is 18.8 Å². The molecule has 0 aliphatic carbocycles. The van der Waals surface area contributed by atoms with Crippen molar-refractivity contribution >= 4 is 39.5 Å². The van der Waals surface area contributed by atoms with E-state index >= 15 is 0 Å². The minimum absolute atomic E-state index is 0.226. The average molecular weight is 511 g/mol. The van der Waals surface area contributed by atoms with Crippen LogP contribution < -0.4 is 5.32 Å². The monoisotopic (exact) mass is 510 g/mol. The fourth-order valence-electron chi connectivity index (χ4n) is 3.54. The predicted octanol–water partition coefficient (Wildman–Crippen LogP) is 3.44. The average Bonchev–Trinajstić information content (AvgIpc) is 2.95. The molecule has 32 heavy (non-hydrogen) atoms. The van der Waals surface area contributed by atoms with Crippen LogP contribution in [0.3, 0.4) is 0 Å². The molecule has 10 nitrogen and oxygen atoms in total. The normalized spacial score (nSPS) is 19.3. The van der Waals surface area contributed by atoms with Gasteiger partial charge in [0.2, 0.25) is 5.95 Å². The molecule has 1 fully saturated rings. The van der Waals surface area contributed by atoms with E-state index in [1.165, 1.54) is 6.92 Å². The van der Waals surface area contributed by atoms with E-state index in [0.29, 0.717) is 29.4 Å². The topological polar surface area (TPSA) is 111 Å². The first-order chi connectivity index (χ1) is 14.9. The van der Waals surface area contributed by atoms with Crippen molar-refractivity contribution in [2.45, 2.75) is 72.1 Å². The number of likely N-dealkylation sites (tertiary alicyclic amines) is 1. The summed E-state index contributed by atoms with van der Waals surface area (Å²) in [6.45, 7) is 11.7. The number of halogens is 1. The third-order valence-corrected chi connectivity index (χ3v) is 5.43. The van der Waals surface area contributed by atoms with Gasteiger partial charge in [-0.2, -0.15) is 0 Å². The summed E-state index contributed by atoms with van der Waals surface area (Å²) in [7, 11) is 0. The van der Waals surface area contributed by atoms with Crippen molar-refractivity contribution in [3.8, 4) is 0 Å². The SMILES string of the molecule is CC(=O)O[C@@H]1CN(C(=O)OC(C)(C)C)CC[C@H]1Nc1ncc2c(Br)nc(CC(C)C)n2n1. The first kappa shape index (κ1) is 24.2. The quantitative estimate of drug-likeness (QED) is 0.608. The lowest BCUT2D eigenvalue weighted by atomic mass is 10.0. The van der Waals surface area contributed by atoms with Gasteiger partial charge in [0.15, 0.2) is 0 Å². The highest BCUT2D eigenvalue weighted by molar-refractivity contribution is 9.10. The highest BCUT2D eigenvalue weighted by Crippen LogP contribution is 2.23. The van der Waals surface area contributed by atoms with Crippen molar-refractivity contribution in [3.05, 3.63) is 16.6 Å². The largest absolute Gasteiger partial charge is 0.458 e. The number of piperidine rings is 1. The lowest BCUT2D eigenvalue weighted by molar-refractivity contribution is -0.149. The number of anilines is 1. The van der Waals surface area contributed by atoms with Gasteiger partial charge < -0.3 is 19.7 Å². The molecule has 1 aliphatic rings. The summed E-state index contributed by atoms with van der Waals surface area (Å²) in [4.78, 5) is 34.7. The lowest BCUT2D eigenvalue weighted by Crippen LogP contribution is -2.54. The van der Waals surface area contributed by atoms with Crippen molar-refractivity contribution in [2.75, 3.05) is 18.4 Å². The first-order valence-corrected chi connectivity index (χ1v) is 11.5. The number of ether oxygens (including phenoxy) is 2. The highest BCUT2D eigenvalue weighted by Gasteiger charge is 2.36. The third kappa shape index (κ3) is 6.08. The molecule has 1 N–H and O–H groups in total. The zero-order valence-electron chi connectivity index (χ0n) is 19.4. The van der Waals surface area contributed by atoms with Crippen molar-refractivity contribution in [1.82, 2.24) is 24.5 Å². The smallest absolute Gasteiger partial charge is 0.410 e. The van der Waals surface area contributed by atoms with E-state index in [1.54, 1.807) is 15.6 Å². The molecule has 2 atom stereocenters. The number of rotatable bonds is 5. The van der Waals surface area contributed by atoms with Crippen LogP contribution in [0.2, 0.25) is 0 Å². The molecule has 3 heterocycles. The van der Waals surface area contributed by atoms with E-state index in [2.05, 4.69) is 50.2 Å². The van der Waals surface area contributed by atoms with Gasteiger partial charge in [0.1, 0.15) is 27.6 Å². The molecule has 176 valence electrons. The molecule has 2 aromatic heterocycles. The van der Waals surface area contributed by atoms with Gasteiger partial charge in [0.25, 0.3) is 0 Å². The maximum atomic E-state index is 12.5. The zero-order valence-corrected chi connectivity index (χ0v) is 21.0. The van der Waals surface area contributed by atoms with E-state index in [0.717, 1.165) is 17.8 Å². The van der Waals surface area contributed by atoms with Gasteiger partial charge in [-0.3, -0.25) is 4.79 Å². The molecule has 0 bridgehead atoms. The molecule has 1 amide bonds. The number of imidazole rings is 1. The van der Waals surface area contributed by atoms with E-state index in [1.807, 2.05) is 20.8 Å². The van der Waals surface area contributed by atoms with Crippen molar-refractivity contribution in [1.29, 1.82) is 0 Å². The van der Waals surface area contributed by atoms with Crippen LogP contribution in [-0.2, 0) is 20.7 Å². The Kier molecular flexibility index (Phi) is 7.26. The van der Waals surface area contributed by atoms with E-state index in [-0.39, 0.29) is 12.6 Å². The van der Waals surface area contributed by atoms with Crippen LogP contribution in [0.15, 0.2) is 10.8 Å². The molecule has 0 unspecified atom stereocenters. The first-order valence-electron chi connectivity index (χ1n) is 10.7. The van der Waals surface area contributed by atoms with Crippen LogP contribution in [0.5, 0.6) is 0 Å². The highest BCUT2D eigenvalue weighted by atomic mass is 79.9. The number of amides is 1. The Morgan fingerprint density at radius 1 is 1.34 bits per heavy atom. The number of aromatic nitrogens is 4. The second-order valence-corrected chi connectivity index (χ2v) is 10.2. The summed E-state index contributed by atoms with van der Waals surface area (Å²) in [6, 6.07) is -0.254. The van der Waals surface area contributed by atoms with Crippen LogP contribution in [0.1, 0.15) is 53.8 Å². The molecule has 11 heteroatoms. The molecule has 1 aliphatic heterocycles. The second kappa shape index (κ2) is 9.60. The molecule has 1 saturated heterocycles. The van der Waals surface area contributed by atoms with Crippen molar-refractivity contribution < 1.29 is 19.1 Å². The number of carbonyl (C=O) groups is 2. The Hall–Kier alpha value is -2.43. The molecule has 0 spiro atoms. The Balaban J connectivity index is 1.78. The van der Waals surface area contributed by atoms with Crippen LogP contribution >= 0.6 is 15.9 Å². The van der Waals surface area contributed by atoms with Crippen LogP contribution in [-0.4, -0.2) is 67.4 Å². The van der Waals surface area contributed by atoms with Crippen molar-refractivity contribution in [3.63, 3.8) is 0 Å². The molecule has 0 aromatic carbocycles.